The molecule has 3 aromatic rings. The van der Waals surface area contributed by atoms with E-state index in [2.05, 4.69) is 28.7 Å². The first kappa shape index (κ1) is 20.5. The first-order valence-electron chi connectivity index (χ1n) is 10.2. The van der Waals surface area contributed by atoms with E-state index in [1.54, 1.807) is 22.8 Å². The quantitative estimate of drug-likeness (QED) is 0.626. The Kier molecular flexibility index (Phi) is 5.83. The van der Waals surface area contributed by atoms with Gasteiger partial charge >= 0.3 is 0 Å². The summed E-state index contributed by atoms with van der Waals surface area (Å²) in [5, 5.41) is 0. The van der Waals surface area contributed by atoms with Gasteiger partial charge in [-0.3, -0.25) is 0 Å². The predicted octanol–water partition coefficient (Wildman–Crippen LogP) is 3.78. The highest BCUT2D eigenvalue weighted by molar-refractivity contribution is 7.89. The monoisotopic (exact) mass is 422 g/mol. The van der Waals surface area contributed by atoms with E-state index in [1.165, 1.54) is 0 Å². The molecular formula is C23H26N4O2S. The van der Waals surface area contributed by atoms with Gasteiger partial charge in [0.1, 0.15) is 12.1 Å². The zero-order valence-corrected chi connectivity index (χ0v) is 18.1. The molecule has 0 unspecified atom stereocenters. The van der Waals surface area contributed by atoms with Crippen LogP contribution in [0.3, 0.4) is 0 Å². The third-order valence-corrected chi connectivity index (χ3v) is 7.38. The molecule has 1 aliphatic rings. The maximum Gasteiger partial charge on any atom is 0.243 e. The normalized spacial score (nSPS) is 15.5. The van der Waals surface area contributed by atoms with Gasteiger partial charge < -0.3 is 4.90 Å². The van der Waals surface area contributed by atoms with Crippen molar-refractivity contribution in [2.45, 2.75) is 24.7 Å². The summed E-state index contributed by atoms with van der Waals surface area (Å²) < 4.78 is 27.6. The van der Waals surface area contributed by atoms with Gasteiger partial charge in [0, 0.05) is 37.8 Å². The van der Waals surface area contributed by atoms with E-state index in [9.17, 15) is 8.42 Å². The lowest BCUT2D eigenvalue weighted by molar-refractivity contribution is 0.384. The molecule has 0 aliphatic carbocycles. The second kappa shape index (κ2) is 8.53. The van der Waals surface area contributed by atoms with Crippen molar-refractivity contribution in [2.24, 2.45) is 0 Å². The van der Waals surface area contributed by atoms with Gasteiger partial charge in [0.2, 0.25) is 10.0 Å². The maximum absolute atomic E-state index is 13.0. The summed E-state index contributed by atoms with van der Waals surface area (Å²) in [5.74, 6) is 1.20. The second-order valence-electron chi connectivity index (χ2n) is 7.74. The number of sulfonamides is 1. The predicted molar refractivity (Wildman–Crippen MR) is 119 cm³/mol. The van der Waals surface area contributed by atoms with Crippen molar-refractivity contribution in [3.05, 3.63) is 72.6 Å². The van der Waals surface area contributed by atoms with Gasteiger partial charge in [-0.15, -0.1) is 0 Å². The summed E-state index contributed by atoms with van der Waals surface area (Å²) in [4.78, 5) is 11.2. The van der Waals surface area contributed by atoms with Crippen LogP contribution in [0.15, 0.2) is 71.9 Å². The van der Waals surface area contributed by atoms with Crippen LogP contribution in [0.25, 0.3) is 11.3 Å². The Morgan fingerprint density at radius 1 is 0.867 bits per heavy atom. The van der Waals surface area contributed by atoms with Gasteiger partial charge in [-0.1, -0.05) is 56.3 Å². The van der Waals surface area contributed by atoms with Crippen LogP contribution >= 0.6 is 0 Å². The number of piperazine rings is 1. The molecule has 1 aromatic heterocycles. The van der Waals surface area contributed by atoms with Crippen LogP contribution in [0.5, 0.6) is 0 Å². The number of aromatic nitrogens is 2. The van der Waals surface area contributed by atoms with Crippen molar-refractivity contribution in [3.63, 3.8) is 0 Å². The number of hydrogen-bond donors (Lipinski definition) is 0. The topological polar surface area (TPSA) is 66.4 Å². The molecule has 30 heavy (non-hydrogen) atoms. The van der Waals surface area contributed by atoms with Crippen LogP contribution in [0.2, 0.25) is 0 Å². The Morgan fingerprint density at radius 3 is 2.17 bits per heavy atom. The van der Waals surface area contributed by atoms with Crippen molar-refractivity contribution in [3.8, 4) is 11.3 Å². The Hall–Kier alpha value is -2.77. The van der Waals surface area contributed by atoms with Crippen LogP contribution in [-0.4, -0.2) is 48.9 Å². The SMILES string of the molecule is CC(C)c1ccc(S(=O)(=O)N2CCN(c3cc(-c4ccccc4)ncn3)CC2)cc1. The minimum atomic E-state index is -3.49. The second-order valence-corrected chi connectivity index (χ2v) is 9.68. The Morgan fingerprint density at radius 2 is 1.53 bits per heavy atom. The highest BCUT2D eigenvalue weighted by atomic mass is 32.2. The number of rotatable bonds is 5. The first-order chi connectivity index (χ1) is 14.4. The fraction of sp³-hybridized carbons (Fsp3) is 0.304. The fourth-order valence-electron chi connectivity index (χ4n) is 3.62. The zero-order chi connectivity index (χ0) is 21.1. The van der Waals surface area contributed by atoms with Crippen LogP contribution in [0.4, 0.5) is 5.82 Å². The highest BCUT2D eigenvalue weighted by Crippen LogP contribution is 2.24. The van der Waals surface area contributed by atoms with E-state index in [0.29, 0.717) is 37.0 Å². The number of anilines is 1. The summed E-state index contributed by atoms with van der Waals surface area (Å²) in [6, 6.07) is 19.2. The molecule has 0 atom stereocenters. The molecule has 156 valence electrons. The lowest BCUT2D eigenvalue weighted by atomic mass is 10.0. The van der Waals surface area contributed by atoms with Gasteiger partial charge in [0.05, 0.1) is 10.6 Å². The van der Waals surface area contributed by atoms with Gasteiger partial charge in [0.15, 0.2) is 0 Å². The molecule has 0 N–H and O–H groups in total. The van der Waals surface area contributed by atoms with Crippen LogP contribution in [-0.2, 0) is 10.0 Å². The van der Waals surface area contributed by atoms with Crippen LogP contribution in [0.1, 0.15) is 25.3 Å². The summed E-state index contributed by atoms with van der Waals surface area (Å²) in [6.07, 6.45) is 1.57. The van der Waals surface area contributed by atoms with E-state index < -0.39 is 10.0 Å². The molecule has 2 aromatic carbocycles. The summed E-state index contributed by atoms with van der Waals surface area (Å²) in [6.45, 7) is 6.24. The molecule has 0 saturated carbocycles. The van der Waals surface area contributed by atoms with Crippen molar-refractivity contribution in [1.29, 1.82) is 0 Å². The largest absolute Gasteiger partial charge is 0.354 e. The number of benzene rings is 2. The Balaban J connectivity index is 1.46. The summed E-state index contributed by atoms with van der Waals surface area (Å²) in [5.41, 5.74) is 3.03. The highest BCUT2D eigenvalue weighted by Gasteiger charge is 2.29. The van der Waals surface area contributed by atoms with Gasteiger partial charge in [-0.05, 0) is 23.6 Å². The molecule has 7 heteroatoms. The molecule has 0 radical (unpaired) electrons. The van der Waals surface area contributed by atoms with E-state index in [0.717, 1.165) is 22.6 Å². The Labute approximate surface area is 178 Å². The minimum Gasteiger partial charge on any atom is -0.354 e. The molecule has 4 rings (SSSR count). The molecule has 6 nitrogen and oxygen atoms in total. The third kappa shape index (κ3) is 4.22. The lowest BCUT2D eigenvalue weighted by Gasteiger charge is -2.34. The van der Waals surface area contributed by atoms with E-state index in [-0.39, 0.29) is 0 Å². The standard InChI is InChI=1S/C23H26N4O2S/c1-18(2)19-8-10-21(11-9-19)30(28,29)27-14-12-26(13-15-27)23-16-22(24-17-25-23)20-6-4-3-5-7-20/h3-11,16-18H,12-15H2,1-2H3. The fourth-order valence-corrected chi connectivity index (χ4v) is 5.04. The summed E-state index contributed by atoms with van der Waals surface area (Å²) in [7, 11) is -3.49. The molecule has 0 amide bonds. The van der Waals surface area contributed by atoms with Gasteiger partial charge in [-0.25, -0.2) is 18.4 Å². The number of hydrogen-bond acceptors (Lipinski definition) is 5. The molecule has 0 spiro atoms. The van der Waals surface area contributed by atoms with E-state index >= 15 is 0 Å². The first-order valence-corrected chi connectivity index (χ1v) is 11.6. The number of nitrogens with zero attached hydrogens (tertiary/aromatic N) is 4. The lowest BCUT2D eigenvalue weighted by Crippen LogP contribution is -2.48. The Bertz CT molecular complexity index is 1090. The molecular weight excluding hydrogens is 396 g/mol. The molecule has 1 saturated heterocycles. The van der Waals surface area contributed by atoms with Crippen molar-refractivity contribution < 1.29 is 8.42 Å². The third-order valence-electron chi connectivity index (χ3n) is 5.47. The van der Waals surface area contributed by atoms with E-state index in [1.807, 2.05) is 48.5 Å². The maximum atomic E-state index is 13.0. The average Bonchev–Trinajstić information content (AvgIpc) is 2.80. The van der Waals surface area contributed by atoms with Crippen LogP contribution in [0, 0.1) is 0 Å². The molecule has 1 fully saturated rings. The van der Waals surface area contributed by atoms with Crippen molar-refractivity contribution >= 4 is 15.8 Å². The molecule has 1 aliphatic heterocycles. The van der Waals surface area contributed by atoms with Crippen LogP contribution < -0.4 is 4.90 Å². The minimum absolute atomic E-state index is 0.355. The summed E-state index contributed by atoms with van der Waals surface area (Å²) >= 11 is 0. The van der Waals surface area contributed by atoms with E-state index in [4.69, 9.17) is 0 Å². The smallest absolute Gasteiger partial charge is 0.243 e. The molecule has 2 heterocycles. The van der Waals surface area contributed by atoms with Crippen molar-refractivity contribution in [2.75, 3.05) is 31.1 Å². The zero-order valence-electron chi connectivity index (χ0n) is 17.3. The average molecular weight is 423 g/mol. The van der Waals surface area contributed by atoms with Crippen molar-refractivity contribution in [1.82, 2.24) is 14.3 Å². The molecule has 0 bridgehead atoms. The van der Waals surface area contributed by atoms with Gasteiger partial charge in [-0.2, -0.15) is 4.31 Å². The van der Waals surface area contributed by atoms with Gasteiger partial charge in [0.25, 0.3) is 0 Å².